The van der Waals surface area contributed by atoms with E-state index in [4.69, 9.17) is 14.2 Å². The first-order valence-electron chi connectivity index (χ1n) is 8.29. The summed E-state index contributed by atoms with van der Waals surface area (Å²) in [5.41, 5.74) is 0. The third kappa shape index (κ3) is 3.85. The number of para-hydroxylation sites is 2. The molecule has 0 radical (unpaired) electrons. The molecule has 1 saturated heterocycles. The van der Waals surface area contributed by atoms with Gasteiger partial charge in [0.1, 0.15) is 19.0 Å². The number of hydrogen-bond acceptors (Lipinski definition) is 6. The molecule has 2 aromatic rings. The van der Waals surface area contributed by atoms with E-state index in [2.05, 4.69) is 22.0 Å². The van der Waals surface area contributed by atoms with E-state index in [1.54, 1.807) is 13.4 Å². The van der Waals surface area contributed by atoms with E-state index >= 15 is 0 Å². The van der Waals surface area contributed by atoms with Crippen LogP contribution in [0.1, 0.15) is 18.9 Å². The van der Waals surface area contributed by atoms with Crippen LogP contribution >= 0.6 is 0 Å². The minimum absolute atomic E-state index is 0.0348. The molecule has 3 rings (SSSR count). The molecule has 7 nitrogen and oxygen atoms in total. The van der Waals surface area contributed by atoms with Crippen molar-refractivity contribution in [1.29, 1.82) is 0 Å². The largest absolute Gasteiger partial charge is 0.493 e. The molecule has 0 unspecified atom stereocenters. The fraction of sp³-hybridized carbons (Fsp3) is 0.529. The Morgan fingerprint density at radius 2 is 2.12 bits per heavy atom. The summed E-state index contributed by atoms with van der Waals surface area (Å²) in [6.45, 7) is 6.75. The summed E-state index contributed by atoms with van der Waals surface area (Å²) < 4.78 is 19.1. The molecule has 0 spiro atoms. The number of benzene rings is 1. The minimum atomic E-state index is -0.0348. The Morgan fingerprint density at radius 3 is 2.92 bits per heavy atom. The third-order valence-electron chi connectivity index (χ3n) is 4.16. The van der Waals surface area contributed by atoms with E-state index in [1.165, 1.54) is 0 Å². The molecule has 1 atom stereocenters. The van der Waals surface area contributed by atoms with Crippen molar-refractivity contribution in [3.63, 3.8) is 0 Å². The highest BCUT2D eigenvalue weighted by atomic mass is 16.5. The Bertz CT molecular complexity index is 646. The lowest BCUT2D eigenvalue weighted by molar-refractivity contribution is -0.0388. The van der Waals surface area contributed by atoms with Crippen molar-refractivity contribution in [2.75, 3.05) is 40.0 Å². The van der Waals surface area contributed by atoms with Gasteiger partial charge in [0.05, 0.1) is 13.7 Å². The van der Waals surface area contributed by atoms with Gasteiger partial charge in [-0.25, -0.2) is 0 Å². The fourth-order valence-electron chi connectivity index (χ4n) is 2.84. The van der Waals surface area contributed by atoms with Crippen LogP contribution in [0.15, 0.2) is 30.6 Å². The molecule has 7 heteroatoms. The van der Waals surface area contributed by atoms with Gasteiger partial charge < -0.3 is 18.8 Å². The molecule has 1 aromatic carbocycles. The van der Waals surface area contributed by atoms with Gasteiger partial charge in [-0.1, -0.05) is 12.1 Å². The van der Waals surface area contributed by atoms with E-state index < -0.39 is 0 Å². The number of hydrogen-bond donors (Lipinski definition) is 0. The molecule has 1 aliphatic heterocycles. The van der Waals surface area contributed by atoms with Gasteiger partial charge in [0.15, 0.2) is 17.3 Å². The first kappa shape index (κ1) is 16.7. The smallest absolute Gasteiger partial charge is 0.163 e. The number of methoxy groups -OCH3 is 1. The Kier molecular flexibility index (Phi) is 5.66. The predicted molar refractivity (Wildman–Crippen MR) is 89.3 cm³/mol. The second-order valence-corrected chi connectivity index (χ2v) is 5.63. The van der Waals surface area contributed by atoms with Gasteiger partial charge in [0, 0.05) is 26.2 Å². The van der Waals surface area contributed by atoms with Crippen LogP contribution in [0.25, 0.3) is 0 Å². The average Bonchev–Trinajstić information content (AvgIpc) is 3.11. The number of aryl methyl sites for hydroxylation is 1. The Morgan fingerprint density at radius 1 is 1.29 bits per heavy atom. The maximum absolute atomic E-state index is 5.87. The minimum Gasteiger partial charge on any atom is -0.493 e. The second-order valence-electron chi connectivity index (χ2n) is 5.63. The van der Waals surface area contributed by atoms with Gasteiger partial charge in [0.25, 0.3) is 0 Å². The summed E-state index contributed by atoms with van der Waals surface area (Å²) in [5, 5.41) is 8.20. The Hall–Kier alpha value is -2.12. The zero-order valence-electron chi connectivity index (χ0n) is 14.2. The summed E-state index contributed by atoms with van der Waals surface area (Å²) in [4.78, 5) is 2.33. The van der Waals surface area contributed by atoms with Crippen molar-refractivity contribution < 1.29 is 14.2 Å². The highest BCUT2D eigenvalue weighted by Crippen LogP contribution is 2.26. The highest BCUT2D eigenvalue weighted by Gasteiger charge is 2.25. The summed E-state index contributed by atoms with van der Waals surface area (Å²) in [7, 11) is 1.65. The number of morpholine rings is 1. The van der Waals surface area contributed by atoms with Crippen LogP contribution in [-0.4, -0.2) is 59.6 Å². The lowest BCUT2D eigenvalue weighted by Crippen LogP contribution is -2.41. The normalized spacial score (nSPS) is 18.5. The lowest BCUT2D eigenvalue weighted by atomic mass is 10.2. The van der Waals surface area contributed by atoms with Crippen molar-refractivity contribution >= 4 is 0 Å². The molecule has 0 bridgehead atoms. The molecule has 2 heterocycles. The van der Waals surface area contributed by atoms with Gasteiger partial charge in [-0.15, -0.1) is 10.2 Å². The molecule has 0 saturated carbocycles. The summed E-state index contributed by atoms with van der Waals surface area (Å²) in [6, 6.07) is 7.70. The quantitative estimate of drug-likeness (QED) is 0.770. The molecule has 0 amide bonds. The molecule has 1 aliphatic rings. The molecule has 130 valence electrons. The maximum atomic E-state index is 5.87. The van der Waals surface area contributed by atoms with Crippen LogP contribution in [0.5, 0.6) is 11.5 Å². The van der Waals surface area contributed by atoms with Gasteiger partial charge in [-0.2, -0.15) is 0 Å². The molecule has 1 fully saturated rings. The SMILES string of the molecule is CCn1cnnc1[C@H]1CN(CCOc2ccccc2OC)CCO1. The lowest BCUT2D eigenvalue weighted by Gasteiger charge is -2.32. The summed E-state index contributed by atoms with van der Waals surface area (Å²) >= 11 is 0. The van der Waals surface area contributed by atoms with E-state index in [9.17, 15) is 0 Å². The van der Waals surface area contributed by atoms with Gasteiger partial charge in [-0.05, 0) is 19.1 Å². The molecule has 24 heavy (non-hydrogen) atoms. The van der Waals surface area contributed by atoms with Crippen molar-refractivity contribution in [1.82, 2.24) is 19.7 Å². The number of aromatic nitrogens is 3. The molecule has 0 aliphatic carbocycles. The number of rotatable bonds is 7. The monoisotopic (exact) mass is 332 g/mol. The van der Waals surface area contributed by atoms with E-state index in [-0.39, 0.29) is 6.10 Å². The number of nitrogens with zero attached hydrogens (tertiary/aromatic N) is 4. The highest BCUT2D eigenvalue weighted by molar-refractivity contribution is 5.39. The number of ether oxygens (including phenoxy) is 3. The van der Waals surface area contributed by atoms with Crippen molar-refractivity contribution in [3.8, 4) is 11.5 Å². The van der Waals surface area contributed by atoms with Crippen LogP contribution in [0.2, 0.25) is 0 Å². The first-order chi connectivity index (χ1) is 11.8. The standard InChI is InChI=1S/C17H24N4O3/c1-3-21-13-18-19-17(21)16-12-20(9-11-24-16)8-10-23-15-7-5-4-6-14(15)22-2/h4-7,13,16H,3,8-12H2,1-2H3/t16-/m1/s1. The van der Waals surface area contributed by atoms with E-state index in [1.807, 2.05) is 28.8 Å². The zero-order valence-corrected chi connectivity index (χ0v) is 14.2. The second kappa shape index (κ2) is 8.12. The van der Waals surface area contributed by atoms with Crippen LogP contribution in [0, 0.1) is 0 Å². The predicted octanol–water partition coefficient (Wildman–Crippen LogP) is 1.76. The summed E-state index contributed by atoms with van der Waals surface area (Å²) in [5.74, 6) is 2.43. The Balaban J connectivity index is 1.52. The molecular formula is C17H24N4O3. The van der Waals surface area contributed by atoms with Crippen LogP contribution in [-0.2, 0) is 11.3 Å². The van der Waals surface area contributed by atoms with Gasteiger partial charge >= 0.3 is 0 Å². The van der Waals surface area contributed by atoms with Gasteiger partial charge in [-0.3, -0.25) is 4.90 Å². The topological polar surface area (TPSA) is 61.6 Å². The molecular weight excluding hydrogens is 308 g/mol. The Labute approximate surface area is 142 Å². The van der Waals surface area contributed by atoms with Crippen molar-refractivity contribution in [3.05, 3.63) is 36.4 Å². The third-order valence-corrected chi connectivity index (χ3v) is 4.16. The average molecular weight is 332 g/mol. The first-order valence-corrected chi connectivity index (χ1v) is 8.29. The van der Waals surface area contributed by atoms with E-state index in [0.29, 0.717) is 13.2 Å². The van der Waals surface area contributed by atoms with Crippen molar-refractivity contribution in [2.45, 2.75) is 19.6 Å². The molecule has 0 N–H and O–H groups in total. The fourth-order valence-corrected chi connectivity index (χ4v) is 2.84. The van der Waals surface area contributed by atoms with Gasteiger partial charge in [0.2, 0.25) is 0 Å². The van der Waals surface area contributed by atoms with Crippen LogP contribution < -0.4 is 9.47 Å². The van der Waals surface area contributed by atoms with Crippen LogP contribution in [0.4, 0.5) is 0 Å². The summed E-state index contributed by atoms with van der Waals surface area (Å²) in [6.07, 6.45) is 1.72. The molecule has 1 aromatic heterocycles. The van der Waals surface area contributed by atoms with Crippen LogP contribution in [0.3, 0.4) is 0 Å². The van der Waals surface area contributed by atoms with E-state index in [0.717, 1.165) is 43.5 Å². The van der Waals surface area contributed by atoms with Crippen molar-refractivity contribution in [2.24, 2.45) is 0 Å². The maximum Gasteiger partial charge on any atom is 0.163 e. The zero-order chi connectivity index (χ0) is 16.8.